The van der Waals surface area contributed by atoms with Crippen molar-refractivity contribution in [2.75, 3.05) is 31.2 Å². The number of nitrogens with zero attached hydrogens (tertiary/aromatic N) is 2. The van der Waals surface area contributed by atoms with Crippen molar-refractivity contribution in [2.24, 2.45) is 0 Å². The first kappa shape index (κ1) is 17.2. The third-order valence-electron chi connectivity index (χ3n) is 4.12. The molecule has 5 nitrogen and oxygen atoms in total. The number of pyridine rings is 1. The Kier molecular flexibility index (Phi) is 5.80. The number of hydrogen-bond acceptors (Lipinski definition) is 4. The van der Waals surface area contributed by atoms with Crippen LogP contribution in [0.5, 0.6) is 0 Å². The smallest absolute Gasteiger partial charge is 0.244 e. The molecule has 2 heterocycles. The highest BCUT2D eigenvalue weighted by atomic mass is 16.5. The molecule has 1 N–H and O–H groups in total. The molecule has 130 valence electrons. The number of carbonyl (C=O) groups excluding carboxylic acids is 1. The van der Waals surface area contributed by atoms with Gasteiger partial charge >= 0.3 is 0 Å². The van der Waals surface area contributed by atoms with E-state index in [9.17, 15) is 4.79 Å². The molecule has 0 radical (unpaired) electrons. The van der Waals surface area contributed by atoms with Crippen LogP contribution in [0.3, 0.4) is 0 Å². The number of amides is 1. The van der Waals surface area contributed by atoms with Gasteiger partial charge in [0.15, 0.2) is 0 Å². The third kappa shape index (κ3) is 5.16. The van der Waals surface area contributed by atoms with Gasteiger partial charge in [-0.3, -0.25) is 4.79 Å². The molecule has 0 unspecified atom stereocenters. The molecule has 1 saturated heterocycles. The maximum absolute atomic E-state index is 12.0. The molecule has 25 heavy (non-hydrogen) atoms. The van der Waals surface area contributed by atoms with Crippen LogP contribution in [0.4, 0.5) is 5.82 Å². The van der Waals surface area contributed by atoms with Crippen LogP contribution >= 0.6 is 0 Å². The summed E-state index contributed by atoms with van der Waals surface area (Å²) in [5.41, 5.74) is 3.25. The first-order valence-electron chi connectivity index (χ1n) is 8.51. The van der Waals surface area contributed by atoms with E-state index in [1.54, 1.807) is 12.3 Å². The van der Waals surface area contributed by atoms with Crippen LogP contribution < -0.4 is 10.2 Å². The lowest BCUT2D eigenvalue weighted by atomic mass is 10.1. The molecule has 5 heteroatoms. The first-order chi connectivity index (χ1) is 12.2. The zero-order valence-corrected chi connectivity index (χ0v) is 14.4. The number of carbonyl (C=O) groups is 1. The van der Waals surface area contributed by atoms with Crippen molar-refractivity contribution in [1.29, 1.82) is 0 Å². The molecule has 0 aliphatic carbocycles. The second-order valence-electron chi connectivity index (χ2n) is 6.08. The van der Waals surface area contributed by atoms with E-state index in [1.165, 1.54) is 5.56 Å². The van der Waals surface area contributed by atoms with Gasteiger partial charge in [-0.1, -0.05) is 29.8 Å². The summed E-state index contributed by atoms with van der Waals surface area (Å²) in [4.78, 5) is 18.6. The second-order valence-corrected chi connectivity index (χ2v) is 6.08. The number of aromatic nitrogens is 1. The van der Waals surface area contributed by atoms with Crippen molar-refractivity contribution < 1.29 is 9.53 Å². The molecular weight excluding hydrogens is 314 g/mol. The zero-order chi connectivity index (χ0) is 17.5. The molecular formula is C20H23N3O2. The maximum atomic E-state index is 12.0. The summed E-state index contributed by atoms with van der Waals surface area (Å²) in [6, 6.07) is 12.0. The summed E-state index contributed by atoms with van der Waals surface area (Å²) in [6.45, 7) is 5.68. The normalized spacial score (nSPS) is 14.7. The van der Waals surface area contributed by atoms with Gasteiger partial charge in [0.1, 0.15) is 5.82 Å². The van der Waals surface area contributed by atoms with Gasteiger partial charge in [-0.2, -0.15) is 0 Å². The molecule has 1 amide bonds. The Bertz CT molecular complexity index is 735. The van der Waals surface area contributed by atoms with Gasteiger partial charge < -0.3 is 15.0 Å². The summed E-state index contributed by atoms with van der Waals surface area (Å²) >= 11 is 0. The van der Waals surface area contributed by atoms with Crippen LogP contribution in [0, 0.1) is 6.92 Å². The van der Waals surface area contributed by atoms with Crippen molar-refractivity contribution in [3.05, 3.63) is 65.4 Å². The number of aryl methyl sites for hydroxylation is 1. The maximum Gasteiger partial charge on any atom is 0.244 e. The van der Waals surface area contributed by atoms with Gasteiger partial charge in [0.25, 0.3) is 0 Å². The fraction of sp³-hybridized carbons (Fsp3) is 0.300. The average molecular weight is 337 g/mol. The fourth-order valence-corrected chi connectivity index (χ4v) is 2.63. The quantitative estimate of drug-likeness (QED) is 0.852. The fourth-order valence-electron chi connectivity index (χ4n) is 2.63. The van der Waals surface area contributed by atoms with Crippen molar-refractivity contribution in [2.45, 2.75) is 13.5 Å². The van der Waals surface area contributed by atoms with Crippen LogP contribution in [0.1, 0.15) is 16.7 Å². The van der Waals surface area contributed by atoms with Crippen molar-refractivity contribution in [3.63, 3.8) is 0 Å². The summed E-state index contributed by atoms with van der Waals surface area (Å²) < 4.78 is 5.37. The predicted octanol–water partition coefficient (Wildman–Crippen LogP) is 2.56. The molecule has 1 aliphatic rings. The van der Waals surface area contributed by atoms with E-state index >= 15 is 0 Å². The molecule has 0 spiro atoms. The molecule has 1 fully saturated rings. The van der Waals surface area contributed by atoms with Gasteiger partial charge in [-0.05, 0) is 36.3 Å². The third-order valence-corrected chi connectivity index (χ3v) is 4.12. The molecule has 1 aromatic heterocycles. The van der Waals surface area contributed by atoms with Crippen LogP contribution in [-0.4, -0.2) is 37.2 Å². The average Bonchev–Trinajstić information content (AvgIpc) is 2.67. The number of nitrogens with one attached hydrogen (secondary N) is 1. The Hall–Kier alpha value is -2.66. The molecule has 1 aromatic carbocycles. The van der Waals surface area contributed by atoms with Gasteiger partial charge in [-0.25, -0.2) is 4.98 Å². The highest BCUT2D eigenvalue weighted by molar-refractivity contribution is 5.91. The number of ether oxygens (including phenoxy) is 1. The van der Waals surface area contributed by atoms with Crippen LogP contribution in [0.2, 0.25) is 0 Å². The molecule has 0 bridgehead atoms. The summed E-state index contributed by atoms with van der Waals surface area (Å²) in [7, 11) is 0. The minimum Gasteiger partial charge on any atom is -0.378 e. The number of rotatable bonds is 5. The topological polar surface area (TPSA) is 54.5 Å². The minimum absolute atomic E-state index is 0.106. The Morgan fingerprint density at radius 1 is 1.24 bits per heavy atom. The molecule has 2 aromatic rings. The Balaban J connectivity index is 1.54. The van der Waals surface area contributed by atoms with E-state index in [4.69, 9.17) is 4.74 Å². The summed E-state index contributed by atoms with van der Waals surface area (Å²) in [6.07, 6.45) is 5.17. The highest BCUT2D eigenvalue weighted by Gasteiger charge is 2.12. The Morgan fingerprint density at radius 2 is 2.00 bits per heavy atom. The number of morpholine rings is 1. The Labute approximate surface area is 148 Å². The van der Waals surface area contributed by atoms with E-state index in [2.05, 4.69) is 15.2 Å². The summed E-state index contributed by atoms with van der Waals surface area (Å²) in [5, 5.41) is 2.91. The molecule has 3 rings (SSSR count). The van der Waals surface area contributed by atoms with Crippen molar-refractivity contribution in [3.8, 4) is 0 Å². The molecule has 0 saturated carbocycles. The SMILES string of the molecule is Cc1ccc(/C=C/C(=O)NCc2ccnc(N3CCOCC3)c2)cc1. The van der Waals surface area contributed by atoms with E-state index in [1.807, 2.05) is 49.4 Å². The zero-order valence-electron chi connectivity index (χ0n) is 14.4. The monoisotopic (exact) mass is 337 g/mol. The van der Waals surface area contributed by atoms with Gasteiger partial charge in [0.2, 0.25) is 5.91 Å². The molecule has 1 aliphatic heterocycles. The first-order valence-corrected chi connectivity index (χ1v) is 8.51. The number of benzene rings is 1. The number of hydrogen-bond donors (Lipinski definition) is 1. The highest BCUT2D eigenvalue weighted by Crippen LogP contribution is 2.14. The second kappa shape index (κ2) is 8.44. The standard InChI is InChI=1S/C20H23N3O2/c1-16-2-4-17(5-3-16)6-7-20(24)22-15-18-8-9-21-19(14-18)23-10-12-25-13-11-23/h2-9,14H,10-13,15H2,1H3,(H,22,24)/b7-6+. The lowest BCUT2D eigenvalue weighted by Gasteiger charge is -2.28. The van der Waals surface area contributed by atoms with E-state index in [0.29, 0.717) is 6.54 Å². The predicted molar refractivity (Wildman–Crippen MR) is 99.3 cm³/mol. The number of anilines is 1. The van der Waals surface area contributed by atoms with Gasteiger partial charge in [0.05, 0.1) is 13.2 Å². The van der Waals surface area contributed by atoms with E-state index in [0.717, 1.165) is 43.2 Å². The molecule has 0 atom stereocenters. The van der Waals surface area contributed by atoms with Crippen molar-refractivity contribution >= 4 is 17.8 Å². The van der Waals surface area contributed by atoms with E-state index < -0.39 is 0 Å². The largest absolute Gasteiger partial charge is 0.378 e. The lowest BCUT2D eigenvalue weighted by Crippen LogP contribution is -2.36. The lowest BCUT2D eigenvalue weighted by molar-refractivity contribution is -0.116. The van der Waals surface area contributed by atoms with Gasteiger partial charge in [-0.15, -0.1) is 0 Å². The summed E-state index contributed by atoms with van der Waals surface area (Å²) in [5.74, 6) is 0.829. The van der Waals surface area contributed by atoms with Crippen LogP contribution in [0.25, 0.3) is 6.08 Å². The van der Waals surface area contributed by atoms with Crippen molar-refractivity contribution in [1.82, 2.24) is 10.3 Å². The van der Waals surface area contributed by atoms with Gasteiger partial charge in [0, 0.05) is 31.9 Å². The Morgan fingerprint density at radius 3 is 2.76 bits per heavy atom. The van der Waals surface area contributed by atoms with Crippen LogP contribution in [-0.2, 0) is 16.1 Å². The van der Waals surface area contributed by atoms with E-state index in [-0.39, 0.29) is 5.91 Å². The van der Waals surface area contributed by atoms with Crippen LogP contribution in [0.15, 0.2) is 48.7 Å². The minimum atomic E-state index is -0.106.